The van der Waals surface area contributed by atoms with Crippen LogP contribution in [0.15, 0.2) is 31.0 Å². The van der Waals surface area contributed by atoms with Crippen LogP contribution in [-0.4, -0.2) is 37.1 Å². The summed E-state index contributed by atoms with van der Waals surface area (Å²) in [7, 11) is 0. The van der Waals surface area contributed by atoms with Gasteiger partial charge in [-0.05, 0) is 25.0 Å². The topological polar surface area (TPSA) is 57.3 Å². The Bertz CT molecular complexity index is 424. The molecule has 0 aliphatic carbocycles. The molecule has 0 radical (unpaired) electrons. The summed E-state index contributed by atoms with van der Waals surface area (Å²) in [6.45, 7) is 6.63. The second-order valence-corrected chi connectivity index (χ2v) is 4.57. The van der Waals surface area contributed by atoms with Crippen LogP contribution in [0.3, 0.4) is 0 Å². The average Bonchev–Trinajstić information content (AvgIpc) is 2.94. The third kappa shape index (κ3) is 4.06. The van der Waals surface area contributed by atoms with E-state index in [2.05, 4.69) is 27.1 Å². The van der Waals surface area contributed by atoms with Gasteiger partial charge in [0, 0.05) is 19.6 Å². The zero-order chi connectivity index (χ0) is 13.5. The molecule has 5 nitrogen and oxygen atoms in total. The highest BCUT2D eigenvalue weighted by Gasteiger charge is 2.13. The van der Waals surface area contributed by atoms with E-state index < -0.39 is 0 Å². The number of hydrogen-bond donors (Lipinski definition) is 2. The lowest BCUT2D eigenvalue weighted by Crippen LogP contribution is -2.28. The normalized spacial score (nSPS) is 14.4. The standard InChI is InChI=1S/C14H20N4O/c1-2-7-15-11-14(19)17-12-5-6-13(16-10-12)18-8-3-4-9-18/h2,5-6,10,15H,1,3-4,7-9,11H2,(H,17,19). The quantitative estimate of drug-likeness (QED) is 0.599. The molecule has 0 saturated carbocycles. The zero-order valence-electron chi connectivity index (χ0n) is 11.1. The smallest absolute Gasteiger partial charge is 0.238 e. The summed E-state index contributed by atoms with van der Waals surface area (Å²) in [5.41, 5.74) is 0.730. The van der Waals surface area contributed by atoms with Gasteiger partial charge in [-0.1, -0.05) is 6.08 Å². The fourth-order valence-corrected chi connectivity index (χ4v) is 2.09. The van der Waals surface area contributed by atoms with Crippen molar-refractivity contribution in [3.05, 3.63) is 31.0 Å². The molecule has 1 aromatic rings. The van der Waals surface area contributed by atoms with Crippen molar-refractivity contribution < 1.29 is 4.79 Å². The first-order chi connectivity index (χ1) is 9.29. The molecule has 2 rings (SSSR count). The molecule has 1 fully saturated rings. The Hall–Kier alpha value is -1.88. The number of amides is 1. The lowest BCUT2D eigenvalue weighted by Gasteiger charge is -2.16. The Morgan fingerprint density at radius 2 is 2.21 bits per heavy atom. The van der Waals surface area contributed by atoms with Crippen LogP contribution in [0.25, 0.3) is 0 Å². The van der Waals surface area contributed by atoms with E-state index in [4.69, 9.17) is 0 Å². The highest BCUT2D eigenvalue weighted by atomic mass is 16.1. The highest BCUT2D eigenvalue weighted by Crippen LogP contribution is 2.18. The molecule has 1 aliphatic heterocycles. The lowest BCUT2D eigenvalue weighted by molar-refractivity contribution is -0.115. The van der Waals surface area contributed by atoms with Crippen molar-refractivity contribution in [1.82, 2.24) is 10.3 Å². The van der Waals surface area contributed by atoms with Crippen molar-refractivity contribution in [2.45, 2.75) is 12.8 Å². The predicted molar refractivity (Wildman–Crippen MR) is 77.4 cm³/mol. The molecule has 1 amide bonds. The molecule has 1 aliphatic rings. The van der Waals surface area contributed by atoms with Gasteiger partial charge < -0.3 is 15.5 Å². The summed E-state index contributed by atoms with van der Waals surface area (Å²) in [6, 6.07) is 3.85. The molecule has 1 saturated heterocycles. The van der Waals surface area contributed by atoms with E-state index in [9.17, 15) is 4.79 Å². The van der Waals surface area contributed by atoms with Crippen molar-refractivity contribution in [1.29, 1.82) is 0 Å². The Balaban J connectivity index is 1.84. The predicted octanol–water partition coefficient (Wildman–Crippen LogP) is 1.40. The van der Waals surface area contributed by atoms with E-state index in [0.29, 0.717) is 6.54 Å². The number of anilines is 2. The van der Waals surface area contributed by atoms with Crippen LogP contribution in [0.2, 0.25) is 0 Å². The molecule has 19 heavy (non-hydrogen) atoms. The second kappa shape index (κ2) is 6.89. The van der Waals surface area contributed by atoms with Crippen molar-refractivity contribution in [3.63, 3.8) is 0 Å². The first-order valence-corrected chi connectivity index (χ1v) is 6.62. The third-order valence-corrected chi connectivity index (χ3v) is 3.04. The first-order valence-electron chi connectivity index (χ1n) is 6.62. The molecule has 0 unspecified atom stereocenters. The van der Waals surface area contributed by atoms with Crippen LogP contribution in [0.5, 0.6) is 0 Å². The zero-order valence-corrected chi connectivity index (χ0v) is 11.1. The maximum Gasteiger partial charge on any atom is 0.238 e. The van der Waals surface area contributed by atoms with E-state index in [0.717, 1.165) is 24.6 Å². The number of aromatic nitrogens is 1. The Kier molecular flexibility index (Phi) is 4.92. The summed E-state index contributed by atoms with van der Waals surface area (Å²) in [4.78, 5) is 18.2. The number of carbonyl (C=O) groups excluding carboxylic acids is 1. The van der Waals surface area contributed by atoms with Crippen molar-refractivity contribution in [3.8, 4) is 0 Å². The van der Waals surface area contributed by atoms with Gasteiger partial charge >= 0.3 is 0 Å². The molecule has 102 valence electrons. The molecule has 0 aromatic carbocycles. The van der Waals surface area contributed by atoms with Crippen molar-refractivity contribution in [2.75, 3.05) is 36.4 Å². The van der Waals surface area contributed by atoms with Crippen LogP contribution in [0, 0.1) is 0 Å². The van der Waals surface area contributed by atoms with E-state index in [1.807, 2.05) is 12.1 Å². The maximum atomic E-state index is 11.6. The number of nitrogens with one attached hydrogen (secondary N) is 2. The minimum absolute atomic E-state index is 0.0717. The summed E-state index contributed by atoms with van der Waals surface area (Å²) in [5.74, 6) is 0.915. The molecule has 0 spiro atoms. The molecule has 2 N–H and O–H groups in total. The van der Waals surface area contributed by atoms with Crippen LogP contribution in [0.1, 0.15) is 12.8 Å². The summed E-state index contributed by atoms with van der Waals surface area (Å²) < 4.78 is 0. The average molecular weight is 260 g/mol. The number of pyridine rings is 1. The molecule has 0 bridgehead atoms. The minimum Gasteiger partial charge on any atom is -0.357 e. The Labute approximate surface area is 113 Å². The van der Waals surface area contributed by atoms with Gasteiger partial charge in [0.05, 0.1) is 18.4 Å². The highest BCUT2D eigenvalue weighted by molar-refractivity contribution is 5.92. The van der Waals surface area contributed by atoms with Gasteiger partial charge in [0.1, 0.15) is 5.82 Å². The minimum atomic E-state index is -0.0717. The number of hydrogen-bond acceptors (Lipinski definition) is 4. The van der Waals surface area contributed by atoms with Gasteiger partial charge in [-0.25, -0.2) is 4.98 Å². The number of rotatable bonds is 6. The third-order valence-electron chi connectivity index (χ3n) is 3.04. The van der Waals surface area contributed by atoms with E-state index in [1.165, 1.54) is 12.8 Å². The van der Waals surface area contributed by atoms with Crippen molar-refractivity contribution in [2.24, 2.45) is 0 Å². The van der Waals surface area contributed by atoms with Gasteiger partial charge in [0.15, 0.2) is 0 Å². The maximum absolute atomic E-state index is 11.6. The van der Waals surface area contributed by atoms with E-state index in [-0.39, 0.29) is 12.5 Å². The SMILES string of the molecule is C=CCNCC(=O)Nc1ccc(N2CCCC2)nc1. The first kappa shape index (κ1) is 13.5. The molecule has 1 aromatic heterocycles. The fraction of sp³-hybridized carbons (Fsp3) is 0.429. The van der Waals surface area contributed by atoms with Gasteiger partial charge in [-0.2, -0.15) is 0 Å². The Morgan fingerprint density at radius 3 is 2.84 bits per heavy atom. The van der Waals surface area contributed by atoms with Crippen LogP contribution in [0.4, 0.5) is 11.5 Å². The molecular weight excluding hydrogens is 240 g/mol. The largest absolute Gasteiger partial charge is 0.357 e. The van der Waals surface area contributed by atoms with Crippen LogP contribution >= 0.6 is 0 Å². The molecule has 5 heteroatoms. The van der Waals surface area contributed by atoms with Gasteiger partial charge in [0.2, 0.25) is 5.91 Å². The Morgan fingerprint density at radius 1 is 1.42 bits per heavy atom. The van der Waals surface area contributed by atoms with E-state index >= 15 is 0 Å². The van der Waals surface area contributed by atoms with Crippen molar-refractivity contribution >= 4 is 17.4 Å². The monoisotopic (exact) mass is 260 g/mol. The molecular formula is C14H20N4O. The van der Waals surface area contributed by atoms with Gasteiger partial charge in [-0.3, -0.25) is 4.79 Å². The summed E-state index contributed by atoms with van der Waals surface area (Å²) >= 11 is 0. The lowest BCUT2D eigenvalue weighted by atomic mass is 10.3. The summed E-state index contributed by atoms with van der Waals surface area (Å²) in [5, 5.41) is 5.75. The molecule has 2 heterocycles. The summed E-state index contributed by atoms with van der Waals surface area (Å²) in [6.07, 6.45) is 5.89. The number of nitrogens with zero attached hydrogens (tertiary/aromatic N) is 2. The van der Waals surface area contributed by atoms with E-state index in [1.54, 1.807) is 12.3 Å². The van der Waals surface area contributed by atoms with Gasteiger partial charge in [0.25, 0.3) is 0 Å². The fourth-order valence-electron chi connectivity index (χ4n) is 2.09. The van der Waals surface area contributed by atoms with Crippen LogP contribution in [-0.2, 0) is 4.79 Å². The van der Waals surface area contributed by atoms with Crippen LogP contribution < -0.4 is 15.5 Å². The van der Waals surface area contributed by atoms with Gasteiger partial charge in [-0.15, -0.1) is 6.58 Å². The second-order valence-electron chi connectivity index (χ2n) is 4.57. The number of carbonyl (C=O) groups is 1. The molecule has 0 atom stereocenters.